The van der Waals surface area contributed by atoms with Gasteiger partial charge in [-0.25, -0.2) is 4.68 Å². The van der Waals surface area contributed by atoms with E-state index in [0.717, 1.165) is 0 Å². The third-order valence-electron chi connectivity index (χ3n) is 2.62. The van der Waals surface area contributed by atoms with Crippen LogP contribution in [0.4, 0.5) is 5.95 Å². The Bertz CT molecular complexity index is 682. The summed E-state index contributed by atoms with van der Waals surface area (Å²) in [6.07, 6.45) is 3.40. The molecule has 0 amide bonds. The van der Waals surface area contributed by atoms with Crippen molar-refractivity contribution in [2.75, 3.05) is 5.32 Å². The number of nitrogens with zero attached hydrogens (tertiary/aromatic N) is 5. The maximum absolute atomic E-state index is 5.93. The van der Waals surface area contributed by atoms with E-state index in [-0.39, 0.29) is 11.3 Å². The molecule has 0 spiro atoms. The van der Waals surface area contributed by atoms with E-state index < -0.39 is 0 Å². The molecule has 102 valence electrons. The van der Waals surface area contributed by atoms with Crippen molar-refractivity contribution >= 4 is 28.9 Å². The lowest BCUT2D eigenvalue weighted by atomic mass is 10.3. The Morgan fingerprint density at radius 3 is 2.90 bits per heavy atom. The second-order valence-corrected chi connectivity index (χ2v) is 5.38. The summed E-state index contributed by atoms with van der Waals surface area (Å²) in [5, 5.41) is 9.45. The quantitative estimate of drug-likeness (QED) is 0.802. The van der Waals surface area contributed by atoms with Crippen LogP contribution in [0.5, 0.6) is 0 Å². The van der Waals surface area contributed by atoms with Gasteiger partial charge < -0.3 is 5.32 Å². The molecule has 1 atom stereocenters. The number of hydrogen-bond donors (Lipinski definition) is 1. The zero-order valence-electron chi connectivity index (χ0n) is 10.6. The molecular formula is C12H11ClN6S. The van der Waals surface area contributed by atoms with Gasteiger partial charge in [0.1, 0.15) is 0 Å². The Morgan fingerprint density at radius 2 is 2.20 bits per heavy atom. The summed E-state index contributed by atoms with van der Waals surface area (Å²) in [4.78, 5) is 13.7. The van der Waals surface area contributed by atoms with E-state index in [1.54, 1.807) is 29.8 Å². The highest BCUT2D eigenvalue weighted by atomic mass is 35.5. The molecule has 8 heteroatoms. The van der Waals surface area contributed by atoms with Gasteiger partial charge in [0.2, 0.25) is 11.2 Å². The average Bonchev–Trinajstić information content (AvgIpc) is 3.12. The van der Waals surface area contributed by atoms with Crippen LogP contribution in [0.2, 0.25) is 5.28 Å². The largest absolute Gasteiger partial charge is 0.347 e. The van der Waals surface area contributed by atoms with Crippen molar-refractivity contribution in [3.8, 4) is 5.95 Å². The number of rotatable bonds is 4. The fourth-order valence-electron chi connectivity index (χ4n) is 1.70. The van der Waals surface area contributed by atoms with E-state index in [4.69, 9.17) is 11.6 Å². The summed E-state index contributed by atoms with van der Waals surface area (Å²) in [7, 11) is 0. The Kier molecular flexibility index (Phi) is 3.62. The van der Waals surface area contributed by atoms with Crippen LogP contribution in [0.25, 0.3) is 5.95 Å². The molecule has 0 bridgehead atoms. The molecule has 3 rings (SSSR count). The van der Waals surface area contributed by atoms with E-state index in [1.807, 2.05) is 18.4 Å². The standard InChI is InChI=1S/C12H11ClN6S/c1-8(9-4-2-7-20-9)15-11-16-10(13)17-12(18-11)19-6-3-5-14-19/h2-8H,1H3,(H,15,16,17,18). The highest BCUT2D eigenvalue weighted by Crippen LogP contribution is 2.22. The highest BCUT2D eigenvalue weighted by molar-refractivity contribution is 7.10. The van der Waals surface area contributed by atoms with Crippen molar-refractivity contribution in [1.29, 1.82) is 0 Å². The summed E-state index contributed by atoms with van der Waals surface area (Å²) < 4.78 is 1.54. The number of anilines is 1. The van der Waals surface area contributed by atoms with Crippen molar-refractivity contribution in [2.24, 2.45) is 0 Å². The molecular weight excluding hydrogens is 296 g/mol. The minimum absolute atomic E-state index is 0.0962. The van der Waals surface area contributed by atoms with Gasteiger partial charge in [0, 0.05) is 17.3 Å². The van der Waals surface area contributed by atoms with Crippen LogP contribution in [0.3, 0.4) is 0 Å². The molecule has 20 heavy (non-hydrogen) atoms. The molecule has 3 heterocycles. The van der Waals surface area contributed by atoms with Crippen molar-refractivity contribution < 1.29 is 0 Å². The van der Waals surface area contributed by atoms with Crippen molar-refractivity contribution in [3.05, 3.63) is 46.1 Å². The first-order valence-electron chi connectivity index (χ1n) is 5.94. The van der Waals surface area contributed by atoms with E-state index in [0.29, 0.717) is 11.9 Å². The zero-order valence-corrected chi connectivity index (χ0v) is 12.1. The minimum Gasteiger partial charge on any atom is -0.347 e. The second kappa shape index (κ2) is 5.56. The molecule has 0 saturated heterocycles. The lowest BCUT2D eigenvalue weighted by molar-refractivity contribution is 0.785. The van der Waals surface area contributed by atoms with Gasteiger partial charge in [-0.05, 0) is 36.0 Å². The number of aromatic nitrogens is 5. The molecule has 0 fully saturated rings. The number of thiophene rings is 1. The van der Waals surface area contributed by atoms with Crippen LogP contribution in [0, 0.1) is 0 Å². The van der Waals surface area contributed by atoms with Gasteiger partial charge in [0.05, 0.1) is 6.04 Å². The Balaban J connectivity index is 1.87. The monoisotopic (exact) mass is 306 g/mol. The van der Waals surface area contributed by atoms with Gasteiger partial charge in [0.25, 0.3) is 5.95 Å². The van der Waals surface area contributed by atoms with Gasteiger partial charge in [-0.1, -0.05) is 6.07 Å². The average molecular weight is 307 g/mol. The summed E-state index contributed by atoms with van der Waals surface area (Å²) in [5.41, 5.74) is 0. The van der Waals surface area contributed by atoms with Crippen molar-refractivity contribution in [2.45, 2.75) is 13.0 Å². The summed E-state index contributed by atoms with van der Waals surface area (Å²) in [6.45, 7) is 2.04. The predicted octanol–water partition coefficient (Wildman–Crippen LogP) is 2.95. The molecule has 3 aromatic rings. The van der Waals surface area contributed by atoms with E-state index in [2.05, 4.69) is 31.4 Å². The van der Waals surface area contributed by atoms with Crippen LogP contribution in [-0.4, -0.2) is 24.7 Å². The Labute approximate surface area is 124 Å². The van der Waals surface area contributed by atoms with Gasteiger partial charge in [-0.15, -0.1) is 11.3 Å². The Hall–Kier alpha value is -1.99. The molecule has 0 saturated carbocycles. The zero-order chi connectivity index (χ0) is 13.9. The van der Waals surface area contributed by atoms with Crippen molar-refractivity contribution in [1.82, 2.24) is 24.7 Å². The highest BCUT2D eigenvalue weighted by Gasteiger charge is 2.11. The molecule has 6 nitrogen and oxygen atoms in total. The summed E-state index contributed by atoms with van der Waals surface area (Å²) in [5.74, 6) is 0.812. The number of hydrogen-bond acceptors (Lipinski definition) is 6. The van der Waals surface area contributed by atoms with Gasteiger partial charge in [-0.3, -0.25) is 0 Å². The second-order valence-electron chi connectivity index (χ2n) is 4.06. The van der Waals surface area contributed by atoms with Gasteiger partial charge in [0.15, 0.2) is 0 Å². The molecule has 3 aromatic heterocycles. The minimum atomic E-state index is 0.0962. The lowest BCUT2D eigenvalue weighted by Crippen LogP contribution is -2.11. The lowest BCUT2D eigenvalue weighted by Gasteiger charge is -2.12. The normalized spacial score (nSPS) is 12.3. The third kappa shape index (κ3) is 2.78. The maximum atomic E-state index is 5.93. The summed E-state index contributed by atoms with van der Waals surface area (Å²) in [6, 6.07) is 5.95. The number of halogens is 1. The van der Waals surface area contributed by atoms with Crippen molar-refractivity contribution in [3.63, 3.8) is 0 Å². The first kappa shape index (κ1) is 13.0. The molecule has 0 aliphatic carbocycles. The van der Waals surface area contributed by atoms with Crippen LogP contribution in [0.15, 0.2) is 36.0 Å². The molecule has 0 aliphatic rings. The Morgan fingerprint density at radius 1 is 1.30 bits per heavy atom. The van der Waals surface area contributed by atoms with Gasteiger partial charge in [-0.2, -0.15) is 20.1 Å². The van der Waals surface area contributed by atoms with Gasteiger partial charge >= 0.3 is 0 Å². The molecule has 0 aromatic carbocycles. The topological polar surface area (TPSA) is 68.5 Å². The summed E-state index contributed by atoms with van der Waals surface area (Å²) >= 11 is 7.61. The third-order valence-corrected chi connectivity index (χ3v) is 3.85. The van der Waals surface area contributed by atoms with Crippen LogP contribution >= 0.6 is 22.9 Å². The predicted molar refractivity (Wildman–Crippen MR) is 78.3 cm³/mol. The molecule has 1 N–H and O–H groups in total. The molecule has 0 radical (unpaired) electrons. The first-order valence-corrected chi connectivity index (χ1v) is 7.19. The SMILES string of the molecule is CC(Nc1nc(Cl)nc(-n2cccn2)n1)c1cccs1. The maximum Gasteiger partial charge on any atom is 0.256 e. The fourth-order valence-corrected chi connectivity index (χ4v) is 2.59. The van der Waals surface area contributed by atoms with E-state index >= 15 is 0 Å². The fraction of sp³-hybridized carbons (Fsp3) is 0.167. The molecule has 0 aliphatic heterocycles. The molecule has 1 unspecified atom stereocenters. The van der Waals surface area contributed by atoms with Crippen LogP contribution in [-0.2, 0) is 0 Å². The van der Waals surface area contributed by atoms with Crippen LogP contribution < -0.4 is 5.32 Å². The first-order chi connectivity index (χ1) is 9.72. The van der Waals surface area contributed by atoms with E-state index in [1.165, 1.54) is 9.56 Å². The van der Waals surface area contributed by atoms with Crippen LogP contribution in [0.1, 0.15) is 17.8 Å². The van der Waals surface area contributed by atoms with E-state index in [9.17, 15) is 0 Å². The smallest absolute Gasteiger partial charge is 0.256 e. The number of nitrogens with one attached hydrogen (secondary N) is 1.